The summed E-state index contributed by atoms with van der Waals surface area (Å²) in [7, 11) is 0. The predicted octanol–water partition coefficient (Wildman–Crippen LogP) is 9.67. The number of carbonyl (C=O) groups is 6. The molecule has 0 saturated heterocycles. The number of nitrogens with two attached hydrogens (primary N) is 1. The second-order valence-corrected chi connectivity index (χ2v) is 16.4. The number of nitriles is 1. The van der Waals surface area contributed by atoms with Crippen LogP contribution in [0.3, 0.4) is 0 Å². The topological polar surface area (TPSA) is 258 Å². The Morgan fingerprint density at radius 3 is 1.11 bits per heavy atom. The van der Waals surface area contributed by atoms with Gasteiger partial charge >= 0.3 is 18.1 Å². The fourth-order valence-electron chi connectivity index (χ4n) is 6.64. The van der Waals surface area contributed by atoms with Crippen molar-refractivity contribution >= 4 is 47.1 Å². The third kappa shape index (κ3) is 26.1. The number of aliphatic carboxylic acids is 1. The highest BCUT2D eigenvalue weighted by Crippen LogP contribution is 2.15. The lowest BCUT2D eigenvalue weighted by Crippen LogP contribution is -2.24. The van der Waals surface area contributed by atoms with Crippen LogP contribution in [0.25, 0.3) is 4.85 Å². The Kier molecular flexibility index (Phi) is 29.4. The fraction of sp³-hybridized carbons (Fsp3) is 0.389. The summed E-state index contributed by atoms with van der Waals surface area (Å²) in [5, 5.41) is 34.9. The SMILES string of the molecule is CCOC(=O)c1ccc(C(=O)NCCCCCCCCCNC(=O)c2ccc(C(=N)N)cc2)cc1.O=C(O)C(F)(F)F.[C-]#[N+]c1ccc(C(=O)NCCCCCCCCCNC(=O)c2ccc(C#N)cc2)cc1. The standard InChI is InChI=1S/C27H36N4O4.C25H28N4O2.C2HF3O2/c1-2-35-27(34)23-16-14-22(15-17-23)26(33)31-19-9-7-5-3-4-6-8-18-30-25(32)21-12-10-20(11-13-21)24(28)29;1-27-23-15-13-22(14-16-23)25(31)29-18-8-6-4-2-3-5-7-17-28-24(30)21-11-9-20(19-26)10-12-21;3-2(4,5)1(6)7/h10-17H,2-9,18-19H2,1H3,(H3,28,29)(H,30,32)(H,31,33);9-16H,2-8,17-18H2,(H,28,30)(H,29,31);(H,6,7). The van der Waals surface area contributed by atoms with Gasteiger partial charge in [-0.05, 0) is 93.3 Å². The molecule has 73 heavy (non-hydrogen) atoms. The molecule has 0 unspecified atom stereocenters. The van der Waals surface area contributed by atoms with Gasteiger partial charge in [0.15, 0.2) is 5.69 Å². The van der Waals surface area contributed by atoms with Crippen molar-refractivity contribution in [1.29, 1.82) is 10.7 Å². The lowest BCUT2D eigenvalue weighted by molar-refractivity contribution is -0.192. The summed E-state index contributed by atoms with van der Waals surface area (Å²) in [6.07, 6.45) is 9.69. The molecule has 0 fully saturated rings. The smallest absolute Gasteiger partial charge is 0.475 e. The van der Waals surface area contributed by atoms with E-state index in [0.717, 1.165) is 89.9 Å². The number of hydrogen-bond acceptors (Lipinski definition) is 9. The molecule has 0 atom stereocenters. The van der Waals surface area contributed by atoms with E-state index in [2.05, 4.69) is 26.1 Å². The summed E-state index contributed by atoms with van der Waals surface area (Å²) in [5.41, 5.74) is 9.79. The molecule has 0 bridgehead atoms. The molecule has 4 aromatic rings. The summed E-state index contributed by atoms with van der Waals surface area (Å²) < 4.78 is 36.7. The van der Waals surface area contributed by atoms with Crippen LogP contribution >= 0.6 is 0 Å². The highest BCUT2D eigenvalue weighted by atomic mass is 19.4. The minimum absolute atomic E-state index is 0.0130. The van der Waals surface area contributed by atoms with Crippen molar-refractivity contribution in [2.75, 3.05) is 32.8 Å². The van der Waals surface area contributed by atoms with Crippen LogP contribution < -0.4 is 27.0 Å². The highest BCUT2D eigenvalue weighted by Gasteiger charge is 2.38. The van der Waals surface area contributed by atoms with Gasteiger partial charge in [0.25, 0.3) is 23.6 Å². The number of halogens is 3. The first kappa shape index (κ1) is 61.1. The van der Waals surface area contributed by atoms with Crippen LogP contribution in [0.15, 0.2) is 97.1 Å². The van der Waals surface area contributed by atoms with Crippen molar-refractivity contribution < 1.29 is 51.8 Å². The maximum atomic E-state index is 12.2. The molecule has 4 rings (SSSR count). The molecule has 16 nitrogen and oxygen atoms in total. The molecular weight excluding hydrogens is 946 g/mol. The van der Waals surface area contributed by atoms with E-state index in [0.29, 0.717) is 77.4 Å². The molecule has 19 heteroatoms. The molecule has 0 radical (unpaired) electrons. The number of hydrogen-bond donors (Lipinski definition) is 7. The number of unbranched alkanes of at least 4 members (excludes halogenated alkanes) is 12. The Morgan fingerprint density at radius 1 is 0.562 bits per heavy atom. The van der Waals surface area contributed by atoms with E-state index in [1.165, 1.54) is 0 Å². The minimum atomic E-state index is -5.08. The molecule has 0 aliphatic rings. The number of rotatable bonds is 27. The quantitative estimate of drug-likeness (QED) is 0.00978. The first-order chi connectivity index (χ1) is 35.0. The molecule has 0 aliphatic heterocycles. The van der Waals surface area contributed by atoms with E-state index in [9.17, 15) is 37.1 Å². The van der Waals surface area contributed by atoms with Crippen LogP contribution in [0.2, 0.25) is 0 Å². The number of amides is 4. The summed E-state index contributed by atoms with van der Waals surface area (Å²) in [5.74, 6) is -3.61. The van der Waals surface area contributed by atoms with Crippen LogP contribution in [0, 0.1) is 23.3 Å². The van der Waals surface area contributed by atoms with Crippen molar-refractivity contribution in [2.24, 2.45) is 5.73 Å². The van der Waals surface area contributed by atoms with Gasteiger partial charge in [0.2, 0.25) is 0 Å². The number of alkyl halides is 3. The Labute approximate surface area is 424 Å². The van der Waals surface area contributed by atoms with Crippen molar-refractivity contribution in [3.05, 3.63) is 147 Å². The van der Waals surface area contributed by atoms with E-state index in [4.69, 9.17) is 37.6 Å². The Balaban J connectivity index is 0.000000444. The highest BCUT2D eigenvalue weighted by molar-refractivity contribution is 5.98. The molecule has 0 aromatic heterocycles. The molecule has 0 heterocycles. The van der Waals surface area contributed by atoms with Gasteiger partial charge in [0.05, 0.1) is 30.4 Å². The number of carboxylic acids is 1. The van der Waals surface area contributed by atoms with Crippen LogP contribution in [-0.2, 0) is 9.53 Å². The molecule has 0 saturated carbocycles. The summed E-state index contributed by atoms with van der Waals surface area (Å²) >= 11 is 0. The number of ether oxygens (including phenoxy) is 1. The third-order valence-corrected chi connectivity index (χ3v) is 10.7. The molecule has 0 aliphatic carbocycles. The lowest BCUT2D eigenvalue weighted by atomic mass is 10.1. The van der Waals surface area contributed by atoms with Crippen LogP contribution in [0.4, 0.5) is 18.9 Å². The van der Waals surface area contributed by atoms with Crippen LogP contribution in [0.5, 0.6) is 0 Å². The molecule has 390 valence electrons. The third-order valence-electron chi connectivity index (χ3n) is 10.7. The molecular formula is C54H65F3N8O8. The van der Waals surface area contributed by atoms with E-state index >= 15 is 0 Å². The zero-order valence-electron chi connectivity index (χ0n) is 41.1. The number of carbonyl (C=O) groups excluding carboxylic acids is 5. The largest absolute Gasteiger partial charge is 0.490 e. The van der Waals surface area contributed by atoms with Gasteiger partial charge in [-0.25, -0.2) is 14.4 Å². The van der Waals surface area contributed by atoms with Gasteiger partial charge in [0, 0.05) is 54.0 Å². The van der Waals surface area contributed by atoms with Crippen LogP contribution in [0.1, 0.15) is 160 Å². The summed E-state index contributed by atoms with van der Waals surface area (Å²) in [6.45, 7) is 11.6. The van der Waals surface area contributed by atoms with Crippen molar-refractivity contribution in [1.82, 2.24) is 21.3 Å². The number of benzene rings is 4. The number of nitrogen functional groups attached to an aromatic ring is 1. The van der Waals surface area contributed by atoms with Gasteiger partial charge in [-0.3, -0.25) is 24.6 Å². The van der Waals surface area contributed by atoms with Gasteiger partial charge in [-0.2, -0.15) is 18.4 Å². The number of carboxylic acid groups (broad SMARTS) is 1. The van der Waals surface area contributed by atoms with Gasteiger partial charge in [0.1, 0.15) is 5.84 Å². The Morgan fingerprint density at radius 2 is 0.836 bits per heavy atom. The molecule has 0 spiro atoms. The minimum Gasteiger partial charge on any atom is -0.475 e. The van der Waals surface area contributed by atoms with E-state index in [1.54, 1.807) is 104 Å². The maximum Gasteiger partial charge on any atom is 0.490 e. The number of amidine groups is 1. The van der Waals surface area contributed by atoms with Gasteiger partial charge < -0.3 is 36.8 Å². The van der Waals surface area contributed by atoms with Crippen molar-refractivity contribution in [3.63, 3.8) is 0 Å². The van der Waals surface area contributed by atoms with Crippen molar-refractivity contribution in [2.45, 2.75) is 103 Å². The predicted molar refractivity (Wildman–Crippen MR) is 271 cm³/mol. The summed E-state index contributed by atoms with van der Waals surface area (Å²) in [6, 6.07) is 28.5. The van der Waals surface area contributed by atoms with E-state index in [1.807, 2.05) is 6.07 Å². The Bertz CT molecular complexity index is 2360. The van der Waals surface area contributed by atoms with Gasteiger partial charge in [-0.1, -0.05) is 101 Å². The Hall–Kier alpha value is -8.06. The first-order valence-corrected chi connectivity index (χ1v) is 24.1. The fourth-order valence-corrected chi connectivity index (χ4v) is 6.64. The normalized spacial score (nSPS) is 10.3. The van der Waals surface area contributed by atoms with Crippen LogP contribution in [-0.4, -0.2) is 85.5 Å². The number of esters is 1. The lowest BCUT2D eigenvalue weighted by Gasteiger charge is -2.07. The van der Waals surface area contributed by atoms with E-state index in [-0.39, 0.29) is 35.4 Å². The van der Waals surface area contributed by atoms with E-state index < -0.39 is 12.1 Å². The zero-order valence-corrected chi connectivity index (χ0v) is 41.1. The van der Waals surface area contributed by atoms with Gasteiger partial charge in [-0.15, -0.1) is 0 Å². The first-order valence-electron chi connectivity index (χ1n) is 24.1. The number of nitrogens with one attached hydrogen (secondary N) is 5. The second-order valence-electron chi connectivity index (χ2n) is 16.4. The average Bonchev–Trinajstić information content (AvgIpc) is 3.39. The maximum absolute atomic E-state index is 12.2. The molecule has 8 N–H and O–H groups in total. The average molecular weight is 1010 g/mol. The number of nitrogens with zero attached hydrogens (tertiary/aromatic N) is 2. The molecule has 4 aromatic carbocycles. The summed E-state index contributed by atoms with van der Waals surface area (Å²) in [4.78, 5) is 72.2. The second kappa shape index (κ2) is 35.1. The zero-order chi connectivity index (χ0) is 53.9. The monoisotopic (exact) mass is 1010 g/mol. The van der Waals surface area contributed by atoms with Crippen molar-refractivity contribution in [3.8, 4) is 6.07 Å². The molecule has 4 amide bonds.